The van der Waals surface area contributed by atoms with E-state index in [1.165, 1.54) is 0 Å². The van der Waals surface area contributed by atoms with Crippen LogP contribution in [0.3, 0.4) is 0 Å². The van der Waals surface area contributed by atoms with Crippen LogP contribution in [-0.2, 0) is 0 Å². The molecule has 0 spiro atoms. The topological polar surface area (TPSA) is 60.7 Å². The zero-order chi connectivity index (χ0) is 13.9. The summed E-state index contributed by atoms with van der Waals surface area (Å²) in [6.45, 7) is 12.4. The van der Waals surface area contributed by atoms with Gasteiger partial charge in [-0.3, -0.25) is 0 Å². The minimum atomic E-state index is -1.96. The van der Waals surface area contributed by atoms with Gasteiger partial charge in [0.25, 0.3) is 0 Å². The van der Waals surface area contributed by atoms with E-state index in [1.807, 2.05) is 20.8 Å². The van der Waals surface area contributed by atoms with E-state index in [1.54, 1.807) is 0 Å². The molecule has 1 unspecified atom stereocenters. The minimum Gasteiger partial charge on any atom is -0.388 e. The van der Waals surface area contributed by atoms with Crippen LogP contribution in [0.15, 0.2) is 0 Å². The standard InChI is InChI=1S/C14H30O3/c1-12(2,3)8-7-11(15)14(16,17)10-9-13(4,5)6/h11,15-17H,7-10H2,1-6H3. The molecular formula is C14H30O3. The maximum Gasteiger partial charge on any atom is 0.189 e. The third-order valence-electron chi connectivity index (χ3n) is 2.94. The Hall–Kier alpha value is -0.120. The second-order valence-corrected chi connectivity index (χ2v) is 7.55. The van der Waals surface area contributed by atoms with Gasteiger partial charge in [0, 0.05) is 6.42 Å². The average molecular weight is 246 g/mol. The monoisotopic (exact) mass is 246 g/mol. The van der Waals surface area contributed by atoms with Gasteiger partial charge in [-0.05, 0) is 30.1 Å². The van der Waals surface area contributed by atoms with Gasteiger partial charge in [0.05, 0.1) is 0 Å². The maximum atomic E-state index is 9.85. The molecule has 0 aliphatic carbocycles. The number of aliphatic hydroxyl groups excluding tert-OH is 1. The van der Waals surface area contributed by atoms with E-state index >= 15 is 0 Å². The van der Waals surface area contributed by atoms with Crippen molar-refractivity contribution in [3.63, 3.8) is 0 Å². The Kier molecular flexibility index (Phi) is 5.64. The lowest BCUT2D eigenvalue weighted by Gasteiger charge is -2.32. The summed E-state index contributed by atoms with van der Waals surface area (Å²) in [5, 5.41) is 29.5. The largest absolute Gasteiger partial charge is 0.388 e. The highest BCUT2D eigenvalue weighted by molar-refractivity contribution is 4.79. The Morgan fingerprint density at radius 2 is 1.18 bits per heavy atom. The van der Waals surface area contributed by atoms with Crippen LogP contribution in [0.4, 0.5) is 0 Å². The van der Waals surface area contributed by atoms with E-state index < -0.39 is 11.9 Å². The first-order chi connectivity index (χ1) is 7.33. The molecule has 0 bridgehead atoms. The summed E-state index contributed by atoms with van der Waals surface area (Å²) in [4.78, 5) is 0. The molecule has 104 valence electrons. The van der Waals surface area contributed by atoms with Gasteiger partial charge in [0.1, 0.15) is 6.10 Å². The molecule has 0 aromatic carbocycles. The summed E-state index contributed by atoms with van der Waals surface area (Å²) < 4.78 is 0. The van der Waals surface area contributed by atoms with Gasteiger partial charge in [-0.25, -0.2) is 0 Å². The van der Waals surface area contributed by atoms with E-state index in [-0.39, 0.29) is 17.3 Å². The van der Waals surface area contributed by atoms with Gasteiger partial charge in [0.2, 0.25) is 0 Å². The number of rotatable bonds is 5. The van der Waals surface area contributed by atoms with Crippen molar-refractivity contribution in [2.45, 2.75) is 79.1 Å². The molecule has 0 saturated heterocycles. The van der Waals surface area contributed by atoms with Gasteiger partial charge < -0.3 is 15.3 Å². The molecule has 0 radical (unpaired) electrons. The molecule has 0 heterocycles. The molecule has 0 aliphatic heterocycles. The van der Waals surface area contributed by atoms with Crippen LogP contribution >= 0.6 is 0 Å². The van der Waals surface area contributed by atoms with Crippen molar-refractivity contribution >= 4 is 0 Å². The Bertz CT molecular complexity index is 221. The van der Waals surface area contributed by atoms with Crippen molar-refractivity contribution in [1.82, 2.24) is 0 Å². The molecule has 0 saturated carbocycles. The fourth-order valence-corrected chi connectivity index (χ4v) is 1.53. The van der Waals surface area contributed by atoms with E-state index in [9.17, 15) is 15.3 Å². The summed E-state index contributed by atoms with van der Waals surface area (Å²) in [5.74, 6) is -1.96. The first-order valence-electron chi connectivity index (χ1n) is 6.46. The molecule has 0 aromatic heterocycles. The fourth-order valence-electron chi connectivity index (χ4n) is 1.53. The van der Waals surface area contributed by atoms with Crippen LogP contribution in [-0.4, -0.2) is 27.2 Å². The molecule has 3 N–H and O–H groups in total. The summed E-state index contributed by atoms with van der Waals surface area (Å²) in [5.41, 5.74) is 0.140. The molecule has 1 atom stereocenters. The highest BCUT2D eigenvalue weighted by atomic mass is 16.5. The van der Waals surface area contributed by atoms with Crippen LogP contribution in [0.1, 0.15) is 67.2 Å². The molecule has 0 fully saturated rings. The molecule has 17 heavy (non-hydrogen) atoms. The molecule has 0 amide bonds. The lowest BCUT2D eigenvalue weighted by Crippen LogP contribution is -2.43. The lowest BCUT2D eigenvalue weighted by molar-refractivity contribution is -0.233. The predicted octanol–water partition coefficient (Wildman–Crippen LogP) is 2.68. The Balaban J connectivity index is 4.20. The highest BCUT2D eigenvalue weighted by Gasteiger charge is 2.34. The van der Waals surface area contributed by atoms with E-state index in [0.29, 0.717) is 12.8 Å². The number of aliphatic hydroxyl groups is 3. The summed E-state index contributed by atoms with van der Waals surface area (Å²) in [6.07, 6.45) is 1.01. The van der Waals surface area contributed by atoms with Crippen LogP contribution in [0.2, 0.25) is 0 Å². The molecule has 0 aromatic rings. The van der Waals surface area contributed by atoms with Crippen LogP contribution in [0.5, 0.6) is 0 Å². The summed E-state index contributed by atoms with van der Waals surface area (Å²) >= 11 is 0. The first-order valence-corrected chi connectivity index (χ1v) is 6.46. The van der Waals surface area contributed by atoms with Gasteiger partial charge >= 0.3 is 0 Å². The van der Waals surface area contributed by atoms with E-state index in [4.69, 9.17) is 0 Å². The average Bonchev–Trinajstić information content (AvgIpc) is 2.09. The van der Waals surface area contributed by atoms with Crippen molar-refractivity contribution in [1.29, 1.82) is 0 Å². The summed E-state index contributed by atoms with van der Waals surface area (Å²) in [7, 11) is 0. The van der Waals surface area contributed by atoms with Crippen molar-refractivity contribution < 1.29 is 15.3 Å². The Morgan fingerprint density at radius 1 is 0.765 bits per heavy atom. The molecular weight excluding hydrogens is 216 g/mol. The number of hydrogen-bond acceptors (Lipinski definition) is 3. The lowest BCUT2D eigenvalue weighted by atomic mass is 9.84. The second-order valence-electron chi connectivity index (χ2n) is 7.55. The normalized spacial score (nSPS) is 16.1. The third kappa shape index (κ3) is 8.58. The quantitative estimate of drug-likeness (QED) is 0.654. The van der Waals surface area contributed by atoms with Crippen molar-refractivity contribution in [3.05, 3.63) is 0 Å². The van der Waals surface area contributed by atoms with Crippen molar-refractivity contribution in [2.75, 3.05) is 0 Å². The van der Waals surface area contributed by atoms with Crippen molar-refractivity contribution in [2.24, 2.45) is 10.8 Å². The third-order valence-corrected chi connectivity index (χ3v) is 2.94. The SMILES string of the molecule is CC(C)(C)CCC(O)C(O)(O)CCC(C)(C)C. The van der Waals surface area contributed by atoms with Crippen LogP contribution < -0.4 is 0 Å². The van der Waals surface area contributed by atoms with Gasteiger partial charge in [0.15, 0.2) is 5.79 Å². The minimum absolute atomic E-state index is 0.0421. The zero-order valence-corrected chi connectivity index (χ0v) is 12.2. The number of hydrogen-bond donors (Lipinski definition) is 3. The molecule has 3 nitrogen and oxygen atoms in total. The Morgan fingerprint density at radius 3 is 1.53 bits per heavy atom. The van der Waals surface area contributed by atoms with Crippen LogP contribution in [0.25, 0.3) is 0 Å². The van der Waals surface area contributed by atoms with Gasteiger partial charge in [-0.2, -0.15) is 0 Å². The van der Waals surface area contributed by atoms with E-state index in [2.05, 4.69) is 20.8 Å². The van der Waals surface area contributed by atoms with Crippen molar-refractivity contribution in [3.8, 4) is 0 Å². The Labute approximate surface area is 106 Å². The van der Waals surface area contributed by atoms with Gasteiger partial charge in [-0.15, -0.1) is 0 Å². The molecule has 0 aliphatic rings. The predicted molar refractivity (Wildman–Crippen MR) is 70.6 cm³/mol. The maximum absolute atomic E-state index is 9.85. The highest BCUT2D eigenvalue weighted by Crippen LogP contribution is 2.29. The second kappa shape index (κ2) is 5.68. The first kappa shape index (κ1) is 16.9. The fraction of sp³-hybridized carbons (Fsp3) is 1.00. The molecule has 3 heteroatoms. The smallest absolute Gasteiger partial charge is 0.189 e. The van der Waals surface area contributed by atoms with E-state index in [0.717, 1.165) is 6.42 Å². The summed E-state index contributed by atoms with van der Waals surface area (Å²) in [6, 6.07) is 0. The van der Waals surface area contributed by atoms with Crippen LogP contribution in [0, 0.1) is 10.8 Å². The van der Waals surface area contributed by atoms with Gasteiger partial charge in [-0.1, -0.05) is 41.5 Å². The molecule has 0 rings (SSSR count). The zero-order valence-electron chi connectivity index (χ0n) is 12.2.